The minimum atomic E-state index is 0.332. The van der Waals surface area contributed by atoms with Gasteiger partial charge in [0.2, 0.25) is 11.5 Å². The molecule has 0 spiro atoms. The van der Waals surface area contributed by atoms with E-state index in [1.165, 1.54) is 0 Å². The Balaban J connectivity index is 1.19. The number of piperidine rings is 1. The molecule has 0 atom stereocenters. The van der Waals surface area contributed by atoms with Crippen LogP contribution in [0.4, 0.5) is 5.69 Å². The Morgan fingerprint density at radius 1 is 0.654 bits per heavy atom. The number of benzene rings is 3. The number of methoxy groups -OCH3 is 6. The van der Waals surface area contributed by atoms with Crippen molar-refractivity contribution in [1.29, 1.82) is 0 Å². The SMILES string of the molecule is COc1cc(-c2cncc(CN3CCC(N(Cc4ccnc(-c5cc(OC)c(OC)c(OC)c5)c4)c4ccc(Cl)cc4)CC3)c2)cc(OC)c1OC. The minimum absolute atomic E-state index is 0.332. The van der Waals surface area contributed by atoms with Crippen LogP contribution in [0.1, 0.15) is 24.0 Å². The highest BCUT2D eigenvalue weighted by Gasteiger charge is 2.26. The second kappa shape index (κ2) is 16.9. The van der Waals surface area contributed by atoms with E-state index >= 15 is 0 Å². The fraction of sp³-hybridized carbons (Fsp3) is 0.317. The van der Waals surface area contributed by atoms with E-state index in [4.69, 9.17) is 45.0 Å². The second-order valence-electron chi connectivity index (χ2n) is 12.6. The first-order chi connectivity index (χ1) is 25.4. The van der Waals surface area contributed by atoms with E-state index in [0.29, 0.717) is 47.1 Å². The summed E-state index contributed by atoms with van der Waals surface area (Å²) >= 11 is 6.33. The molecule has 0 aliphatic carbocycles. The van der Waals surface area contributed by atoms with Crippen LogP contribution in [-0.2, 0) is 13.1 Å². The van der Waals surface area contributed by atoms with Crippen LogP contribution in [0.2, 0.25) is 5.02 Å². The third-order valence-electron chi connectivity index (χ3n) is 9.49. The summed E-state index contributed by atoms with van der Waals surface area (Å²) in [7, 11) is 9.69. The van der Waals surface area contributed by atoms with Gasteiger partial charge < -0.3 is 33.3 Å². The van der Waals surface area contributed by atoms with Crippen molar-refractivity contribution < 1.29 is 28.4 Å². The first-order valence-electron chi connectivity index (χ1n) is 17.1. The number of hydrogen-bond acceptors (Lipinski definition) is 10. The minimum Gasteiger partial charge on any atom is -0.493 e. The van der Waals surface area contributed by atoms with Gasteiger partial charge in [0.1, 0.15) is 0 Å². The van der Waals surface area contributed by atoms with Crippen molar-refractivity contribution in [3.05, 3.63) is 101 Å². The molecule has 272 valence electrons. The van der Waals surface area contributed by atoms with E-state index in [-0.39, 0.29) is 0 Å². The Hall–Kier alpha value is -5.19. The molecule has 0 saturated carbocycles. The maximum atomic E-state index is 6.33. The summed E-state index contributed by atoms with van der Waals surface area (Å²) in [6.45, 7) is 3.43. The van der Waals surface area contributed by atoms with Gasteiger partial charge in [0, 0.05) is 72.6 Å². The molecule has 0 radical (unpaired) electrons. The second-order valence-corrected chi connectivity index (χ2v) is 13.0. The van der Waals surface area contributed by atoms with E-state index in [1.807, 2.05) is 55.0 Å². The van der Waals surface area contributed by atoms with E-state index in [0.717, 1.165) is 76.7 Å². The average molecular weight is 725 g/mol. The van der Waals surface area contributed by atoms with Gasteiger partial charge in [0.05, 0.1) is 48.4 Å². The van der Waals surface area contributed by atoms with Crippen molar-refractivity contribution in [2.45, 2.75) is 32.0 Å². The number of anilines is 1. The summed E-state index contributed by atoms with van der Waals surface area (Å²) in [6, 6.07) is 22.6. The lowest BCUT2D eigenvalue weighted by Gasteiger charge is -2.40. The maximum Gasteiger partial charge on any atom is 0.203 e. The third-order valence-corrected chi connectivity index (χ3v) is 9.74. The number of likely N-dealkylation sites (tertiary alicyclic amines) is 1. The van der Waals surface area contributed by atoms with Crippen molar-refractivity contribution >= 4 is 17.3 Å². The lowest BCUT2D eigenvalue weighted by molar-refractivity contribution is 0.200. The molecule has 0 amide bonds. The highest BCUT2D eigenvalue weighted by atomic mass is 35.5. The molecule has 0 N–H and O–H groups in total. The lowest BCUT2D eigenvalue weighted by Crippen LogP contribution is -2.44. The van der Waals surface area contributed by atoms with Crippen LogP contribution < -0.4 is 33.3 Å². The van der Waals surface area contributed by atoms with Gasteiger partial charge in [0.15, 0.2) is 23.0 Å². The number of pyridine rings is 2. The first kappa shape index (κ1) is 36.6. The molecule has 0 bridgehead atoms. The fourth-order valence-corrected chi connectivity index (χ4v) is 6.97. The zero-order valence-electron chi connectivity index (χ0n) is 30.5. The van der Waals surface area contributed by atoms with E-state index in [1.54, 1.807) is 42.7 Å². The molecule has 5 aromatic rings. The Morgan fingerprint density at radius 3 is 1.79 bits per heavy atom. The van der Waals surface area contributed by atoms with Gasteiger partial charge >= 0.3 is 0 Å². The summed E-state index contributed by atoms with van der Waals surface area (Å²) in [4.78, 5) is 14.3. The molecular weight excluding hydrogens is 680 g/mol. The molecule has 6 rings (SSSR count). The van der Waals surface area contributed by atoms with Crippen molar-refractivity contribution in [1.82, 2.24) is 14.9 Å². The summed E-state index contributed by atoms with van der Waals surface area (Å²) in [5.41, 5.74) is 7.07. The first-order valence-corrected chi connectivity index (χ1v) is 17.5. The van der Waals surface area contributed by atoms with Gasteiger partial charge in [-0.15, -0.1) is 0 Å². The predicted molar refractivity (Wildman–Crippen MR) is 205 cm³/mol. The smallest absolute Gasteiger partial charge is 0.203 e. The summed E-state index contributed by atoms with van der Waals surface area (Å²) in [6.07, 6.45) is 7.69. The van der Waals surface area contributed by atoms with Crippen molar-refractivity contribution in [3.63, 3.8) is 0 Å². The molecular formula is C41H45ClN4O6. The molecule has 3 aromatic carbocycles. The highest BCUT2D eigenvalue weighted by molar-refractivity contribution is 6.30. The molecule has 1 aliphatic rings. The van der Waals surface area contributed by atoms with Crippen LogP contribution >= 0.6 is 11.6 Å². The van der Waals surface area contributed by atoms with Gasteiger partial charge in [-0.2, -0.15) is 0 Å². The zero-order valence-corrected chi connectivity index (χ0v) is 31.3. The van der Waals surface area contributed by atoms with Gasteiger partial charge in [-0.1, -0.05) is 11.6 Å². The van der Waals surface area contributed by atoms with Crippen molar-refractivity contribution in [2.24, 2.45) is 0 Å². The number of ether oxygens (including phenoxy) is 6. The molecule has 1 fully saturated rings. The monoisotopic (exact) mass is 724 g/mol. The molecule has 52 heavy (non-hydrogen) atoms. The Kier molecular flexibility index (Phi) is 11.9. The lowest BCUT2D eigenvalue weighted by atomic mass is 9.99. The van der Waals surface area contributed by atoms with Gasteiger partial charge in [-0.25, -0.2) is 0 Å². The largest absolute Gasteiger partial charge is 0.493 e. The topological polar surface area (TPSA) is 87.6 Å². The van der Waals surface area contributed by atoms with Gasteiger partial charge in [0.25, 0.3) is 0 Å². The van der Waals surface area contributed by atoms with Gasteiger partial charge in [-0.05, 0) is 96.3 Å². The van der Waals surface area contributed by atoms with Crippen LogP contribution in [0.3, 0.4) is 0 Å². The summed E-state index contributed by atoms with van der Waals surface area (Å²) in [5, 5.41) is 0.717. The standard InChI is InChI=1S/C41H45ClN4O6/c1-47-36-19-29(20-37(48-2)40(36)51-5)31-17-28(23-43-24-31)25-45-15-12-34(13-16-45)46(33-9-7-32(42)8-10-33)26-27-11-14-44-35(18-27)30-21-38(49-3)41(52-6)39(22-30)50-4/h7-11,14,17-24,34H,12-13,15-16,25-26H2,1-6H3. The number of hydrogen-bond donors (Lipinski definition) is 0. The Morgan fingerprint density at radius 2 is 1.23 bits per heavy atom. The normalized spacial score (nSPS) is 13.4. The molecule has 1 aliphatic heterocycles. The Bertz CT molecular complexity index is 1920. The predicted octanol–water partition coefficient (Wildman–Crippen LogP) is 8.19. The number of halogens is 1. The molecule has 11 heteroatoms. The van der Waals surface area contributed by atoms with E-state index in [2.05, 4.69) is 45.1 Å². The molecule has 10 nitrogen and oxygen atoms in total. The molecule has 2 aromatic heterocycles. The van der Waals surface area contributed by atoms with Gasteiger partial charge in [-0.3, -0.25) is 14.9 Å². The molecule has 0 unspecified atom stereocenters. The maximum absolute atomic E-state index is 6.33. The highest BCUT2D eigenvalue weighted by Crippen LogP contribution is 2.42. The fourth-order valence-electron chi connectivity index (χ4n) is 6.85. The number of aromatic nitrogens is 2. The molecule has 3 heterocycles. The van der Waals surface area contributed by atoms with Crippen molar-refractivity contribution in [3.8, 4) is 56.9 Å². The van der Waals surface area contributed by atoms with Crippen LogP contribution in [0, 0.1) is 0 Å². The number of nitrogens with zero attached hydrogens (tertiary/aromatic N) is 4. The Labute approximate surface area is 310 Å². The van der Waals surface area contributed by atoms with Crippen LogP contribution in [0.25, 0.3) is 22.4 Å². The van der Waals surface area contributed by atoms with Crippen molar-refractivity contribution in [2.75, 3.05) is 60.6 Å². The van der Waals surface area contributed by atoms with Crippen LogP contribution in [0.5, 0.6) is 34.5 Å². The van der Waals surface area contributed by atoms with Crippen LogP contribution in [0.15, 0.2) is 85.3 Å². The molecule has 1 saturated heterocycles. The van der Waals surface area contributed by atoms with E-state index in [9.17, 15) is 0 Å². The number of rotatable bonds is 14. The quantitative estimate of drug-likeness (QED) is 0.112. The van der Waals surface area contributed by atoms with E-state index < -0.39 is 0 Å². The third kappa shape index (κ3) is 8.14. The van der Waals surface area contributed by atoms with Crippen LogP contribution in [-0.4, -0.2) is 76.7 Å². The zero-order chi connectivity index (χ0) is 36.6. The average Bonchev–Trinajstić information content (AvgIpc) is 3.19. The summed E-state index contributed by atoms with van der Waals surface area (Å²) in [5.74, 6) is 3.51. The summed E-state index contributed by atoms with van der Waals surface area (Å²) < 4.78 is 33.4.